The third kappa shape index (κ3) is 5.73. The van der Waals surface area contributed by atoms with Crippen LogP contribution in [0.4, 0.5) is 24.8 Å². The van der Waals surface area contributed by atoms with Crippen LogP contribution in [0.5, 0.6) is 0 Å². The minimum Gasteiger partial charge on any atom is -0.369 e. The lowest BCUT2D eigenvalue weighted by Crippen LogP contribution is -2.52. The molecule has 0 radical (unpaired) electrons. The first-order valence-electron chi connectivity index (χ1n) is 11.2. The Bertz CT molecular complexity index is 983. The molecule has 3 N–H and O–H groups in total. The van der Waals surface area contributed by atoms with Crippen LogP contribution in [0.25, 0.3) is 0 Å². The third-order valence-electron chi connectivity index (χ3n) is 6.23. The van der Waals surface area contributed by atoms with E-state index in [-0.39, 0.29) is 37.2 Å². The van der Waals surface area contributed by atoms with Crippen molar-refractivity contribution in [2.45, 2.75) is 44.7 Å². The number of aryl methyl sites for hydroxylation is 1. The number of amides is 1. The molecule has 7 nitrogen and oxygen atoms in total. The summed E-state index contributed by atoms with van der Waals surface area (Å²) in [5.74, 6) is -5.21. The van der Waals surface area contributed by atoms with Crippen molar-refractivity contribution in [3.8, 4) is 0 Å². The second-order valence-electron chi connectivity index (χ2n) is 9.01. The molecule has 1 saturated carbocycles. The van der Waals surface area contributed by atoms with Crippen LogP contribution < -0.4 is 16.0 Å². The van der Waals surface area contributed by atoms with Crippen molar-refractivity contribution in [3.05, 3.63) is 47.5 Å². The van der Waals surface area contributed by atoms with Crippen molar-refractivity contribution in [1.82, 2.24) is 14.9 Å². The Morgan fingerprint density at radius 3 is 2.61 bits per heavy atom. The smallest absolute Gasteiger partial charge is 0.265 e. The van der Waals surface area contributed by atoms with Gasteiger partial charge in [-0.2, -0.15) is 4.39 Å². The van der Waals surface area contributed by atoms with Crippen molar-refractivity contribution >= 4 is 17.5 Å². The second kappa shape index (κ2) is 9.54. The number of likely N-dealkylation sites (tertiary alicyclic amines) is 1. The number of carbonyl (C=O) groups excluding carboxylic acids is 1. The molecule has 1 amide bonds. The summed E-state index contributed by atoms with van der Waals surface area (Å²) in [5.41, 5.74) is 7.31. The van der Waals surface area contributed by atoms with Gasteiger partial charge in [-0.05, 0) is 38.3 Å². The number of rotatable bonds is 9. The van der Waals surface area contributed by atoms with Gasteiger partial charge < -0.3 is 16.0 Å². The molecule has 1 aromatic carbocycles. The van der Waals surface area contributed by atoms with Crippen LogP contribution in [0.15, 0.2) is 30.6 Å². The van der Waals surface area contributed by atoms with Crippen LogP contribution >= 0.6 is 0 Å². The van der Waals surface area contributed by atoms with Gasteiger partial charge in [0.25, 0.3) is 5.92 Å². The minimum absolute atomic E-state index is 0.0788. The average Bonchev–Trinajstić information content (AvgIpc) is 3.58. The van der Waals surface area contributed by atoms with Crippen molar-refractivity contribution in [3.63, 3.8) is 0 Å². The van der Waals surface area contributed by atoms with Crippen molar-refractivity contribution in [2.24, 2.45) is 11.7 Å². The number of hydrogen-bond donors (Lipinski definition) is 2. The summed E-state index contributed by atoms with van der Waals surface area (Å²) < 4.78 is 44.5. The highest BCUT2D eigenvalue weighted by Gasteiger charge is 2.44. The molecule has 2 aromatic rings. The van der Waals surface area contributed by atoms with Gasteiger partial charge in [-0.1, -0.05) is 29.8 Å². The van der Waals surface area contributed by atoms with Crippen molar-refractivity contribution in [1.29, 1.82) is 0 Å². The van der Waals surface area contributed by atoms with E-state index in [1.165, 1.54) is 11.2 Å². The maximum atomic E-state index is 15.4. The maximum absolute atomic E-state index is 15.4. The molecule has 1 aliphatic heterocycles. The van der Waals surface area contributed by atoms with E-state index in [0.717, 1.165) is 24.0 Å². The average molecular weight is 463 g/mol. The summed E-state index contributed by atoms with van der Waals surface area (Å²) >= 11 is 0. The van der Waals surface area contributed by atoms with Crippen LogP contribution in [0, 0.1) is 18.7 Å². The molecule has 1 aromatic heterocycles. The van der Waals surface area contributed by atoms with E-state index in [9.17, 15) is 13.6 Å². The minimum atomic E-state index is -3.03. The number of nitrogens with zero attached hydrogens (tertiary/aromatic N) is 4. The highest BCUT2D eigenvalue weighted by molar-refractivity contribution is 5.75. The fourth-order valence-corrected chi connectivity index (χ4v) is 4.22. The fourth-order valence-electron chi connectivity index (χ4n) is 4.22. The van der Waals surface area contributed by atoms with Gasteiger partial charge in [-0.3, -0.25) is 9.69 Å². The van der Waals surface area contributed by atoms with Gasteiger partial charge in [-0.15, -0.1) is 0 Å². The topological polar surface area (TPSA) is 87.4 Å². The van der Waals surface area contributed by atoms with E-state index < -0.39 is 30.1 Å². The van der Waals surface area contributed by atoms with Crippen LogP contribution in [-0.2, 0) is 11.3 Å². The molecule has 0 spiro atoms. The quantitative estimate of drug-likeness (QED) is 0.596. The lowest BCUT2D eigenvalue weighted by atomic mass is 9.92. The first-order valence-corrected chi connectivity index (χ1v) is 11.2. The molecule has 1 saturated heterocycles. The van der Waals surface area contributed by atoms with E-state index >= 15 is 4.39 Å². The molecule has 10 heteroatoms. The Labute approximate surface area is 191 Å². The molecule has 2 aliphatic rings. The van der Waals surface area contributed by atoms with Gasteiger partial charge in [-0.25, -0.2) is 18.7 Å². The predicted octanol–water partition coefficient (Wildman–Crippen LogP) is 2.95. The molecule has 0 bridgehead atoms. The molecule has 1 aliphatic carbocycles. The maximum Gasteiger partial charge on any atom is 0.265 e. The number of nitrogens with one attached hydrogen (secondary N) is 1. The molecule has 2 fully saturated rings. The van der Waals surface area contributed by atoms with E-state index in [2.05, 4.69) is 15.3 Å². The number of anilines is 2. The molecule has 0 unspecified atom stereocenters. The number of benzene rings is 1. The predicted molar refractivity (Wildman–Crippen MR) is 120 cm³/mol. The van der Waals surface area contributed by atoms with E-state index in [4.69, 9.17) is 5.73 Å². The zero-order valence-corrected chi connectivity index (χ0v) is 18.6. The Balaban J connectivity index is 1.44. The number of nitrogens with two attached hydrogens (primary N) is 1. The van der Waals surface area contributed by atoms with Gasteiger partial charge in [0.15, 0.2) is 11.6 Å². The first-order chi connectivity index (χ1) is 15.7. The van der Waals surface area contributed by atoms with Crippen molar-refractivity contribution < 1.29 is 18.0 Å². The van der Waals surface area contributed by atoms with Gasteiger partial charge in [0.2, 0.25) is 11.7 Å². The van der Waals surface area contributed by atoms with E-state index in [1.54, 1.807) is 0 Å². The molecule has 33 heavy (non-hydrogen) atoms. The van der Waals surface area contributed by atoms with Gasteiger partial charge in [0, 0.05) is 25.0 Å². The number of alkyl halides is 2. The number of halogens is 3. The van der Waals surface area contributed by atoms with E-state index in [0.29, 0.717) is 13.1 Å². The lowest BCUT2D eigenvalue weighted by Gasteiger charge is -2.37. The summed E-state index contributed by atoms with van der Waals surface area (Å²) in [6.45, 7) is 1.97. The monoisotopic (exact) mass is 462 g/mol. The number of primary amides is 1. The Hall–Kier alpha value is -2.88. The zero-order valence-electron chi connectivity index (χ0n) is 18.6. The van der Waals surface area contributed by atoms with Crippen LogP contribution in [0.3, 0.4) is 0 Å². The van der Waals surface area contributed by atoms with Crippen LogP contribution in [0.2, 0.25) is 0 Å². The Kier molecular flexibility index (Phi) is 6.73. The summed E-state index contributed by atoms with van der Waals surface area (Å²) in [6.07, 6.45) is 3.33. The third-order valence-corrected chi connectivity index (χ3v) is 6.23. The van der Waals surface area contributed by atoms with Gasteiger partial charge in [0.05, 0.1) is 13.1 Å². The standard InChI is InChI=1S/C23H29F3N6O/c1-15-2-4-16(5-3-15)11-32(18-6-7-18)22-20(24)21(29-14-30-22)28-10-17-8-9-31(12-19(27)33)13-23(17,25)26/h2-5,14,17-18H,6-13H2,1H3,(H2,27,33)(H,28,29,30)/t17-/m1/s1. The molecule has 4 rings (SSSR count). The first kappa shape index (κ1) is 23.3. The number of aromatic nitrogens is 2. The SMILES string of the molecule is Cc1ccc(CN(c2ncnc(NC[C@H]3CCN(CC(N)=O)CC3(F)F)c2F)C2CC2)cc1. The summed E-state index contributed by atoms with van der Waals surface area (Å²) in [6, 6.07) is 8.24. The fraction of sp³-hybridized carbons (Fsp3) is 0.522. The second-order valence-corrected chi connectivity index (χ2v) is 9.01. The number of carbonyl (C=O) groups is 1. The summed E-state index contributed by atoms with van der Waals surface area (Å²) in [4.78, 5) is 22.5. The van der Waals surface area contributed by atoms with Crippen LogP contribution in [0.1, 0.15) is 30.4 Å². The molecule has 2 heterocycles. The molecular weight excluding hydrogens is 433 g/mol. The molecule has 178 valence electrons. The van der Waals surface area contributed by atoms with Crippen LogP contribution in [-0.4, -0.2) is 58.9 Å². The van der Waals surface area contributed by atoms with E-state index in [1.807, 2.05) is 36.1 Å². The zero-order chi connectivity index (χ0) is 23.6. The summed E-state index contributed by atoms with van der Waals surface area (Å²) in [5, 5.41) is 2.78. The van der Waals surface area contributed by atoms with Crippen molar-refractivity contribution in [2.75, 3.05) is 36.4 Å². The normalized spacial score (nSPS) is 20.4. The highest BCUT2D eigenvalue weighted by atomic mass is 19.3. The number of piperidine rings is 1. The molecule has 1 atom stereocenters. The number of hydrogen-bond acceptors (Lipinski definition) is 6. The lowest BCUT2D eigenvalue weighted by molar-refractivity contribution is -0.127. The van der Waals surface area contributed by atoms with Gasteiger partial charge in [0.1, 0.15) is 6.33 Å². The summed E-state index contributed by atoms with van der Waals surface area (Å²) in [7, 11) is 0. The Morgan fingerprint density at radius 2 is 1.97 bits per heavy atom. The largest absolute Gasteiger partial charge is 0.369 e. The highest BCUT2D eigenvalue weighted by Crippen LogP contribution is 2.36. The van der Waals surface area contributed by atoms with Gasteiger partial charge >= 0.3 is 0 Å². The molecular formula is C23H29F3N6O. The Morgan fingerprint density at radius 1 is 1.24 bits per heavy atom.